The van der Waals surface area contributed by atoms with Crippen molar-refractivity contribution in [2.24, 2.45) is 0 Å². The summed E-state index contributed by atoms with van der Waals surface area (Å²) >= 11 is 0. The van der Waals surface area contributed by atoms with Crippen LogP contribution in [0.5, 0.6) is 5.75 Å². The number of nitrogens with zero attached hydrogens (tertiary/aromatic N) is 1. The molecule has 0 aliphatic carbocycles. The van der Waals surface area contributed by atoms with E-state index in [2.05, 4.69) is 20.8 Å². The van der Waals surface area contributed by atoms with E-state index in [0.29, 0.717) is 5.75 Å². The summed E-state index contributed by atoms with van der Waals surface area (Å²) in [7, 11) is 0. The van der Waals surface area contributed by atoms with Crippen molar-refractivity contribution in [1.29, 1.82) is 5.26 Å². The van der Waals surface area contributed by atoms with Gasteiger partial charge in [0.1, 0.15) is 5.75 Å². The van der Waals surface area contributed by atoms with Gasteiger partial charge in [0.25, 0.3) is 6.26 Å². The Labute approximate surface area is 78.8 Å². The molecule has 1 aromatic carbocycles. The average Bonchev–Trinajstić information content (AvgIpc) is 2.04. The Kier molecular flexibility index (Phi) is 2.57. The highest BCUT2D eigenvalue weighted by atomic mass is 16.5. The quantitative estimate of drug-likeness (QED) is 0.615. The van der Waals surface area contributed by atoms with E-state index in [1.54, 1.807) is 6.26 Å². The molecule has 0 saturated carbocycles. The van der Waals surface area contributed by atoms with Crippen LogP contribution >= 0.6 is 0 Å². The van der Waals surface area contributed by atoms with E-state index >= 15 is 0 Å². The van der Waals surface area contributed by atoms with Gasteiger partial charge in [0, 0.05) is 5.56 Å². The Morgan fingerprint density at radius 2 is 1.85 bits per heavy atom. The molecule has 1 aromatic rings. The van der Waals surface area contributed by atoms with E-state index in [0.717, 1.165) is 5.56 Å². The maximum absolute atomic E-state index is 8.44. The Balaban J connectivity index is 3.14. The van der Waals surface area contributed by atoms with E-state index in [1.165, 1.54) is 0 Å². The van der Waals surface area contributed by atoms with Crippen LogP contribution in [0.25, 0.3) is 0 Å². The minimum atomic E-state index is 0.00738. The minimum Gasteiger partial charge on any atom is -0.388 e. The number of nitriles is 1. The van der Waals surface area contributed by atoms with Crippen molar-refractivity contribution in [2.45, 2.75) is 26.2 Å². The van der Waals surface area contributed by atoms with Crippen LogP contribution in [0.15, 0.2) is 24.3 Å². The van der Waals surface area contributed by atoms with Gasteiger partial charge in [-0.15, -0.1) is 5.26 Å². The first kappa shape index (κ1) is 9.60. The number of hydrogen-bond donors (Lipinski definition) is 0. The Morgan fingerprint density at radius 3 is 2.38 bits per heavy atom. The normalized spacial score (nSPS) is 10.6. The molecule has 0 saturated heterocycles. The number of benzene rings is 1. The third-order valence-corrected chi connectivity index (χ3v) is 1.85. The van der Waals surface area contributed by atoms with Gasteiger partial charge in [0.05, 0.1) is 0 Å². The lowest BCUT2D eigenvalue weighted by Crippen LogP contribution is -2.12. The predicted molar refractivity (Wildman–Crippen MR) is 51.4 cm³/mol. The first-order valence-electron chi connectivity index (χ1n) is 4.21. The van der Waals surface area contributed by atoms with Crippen LogP contribution in [0.3, 0.4) is 0 Å². The molecule has 0 amide bonds. The molecular weight excluding hydrogens is 162 g/mol. The van der Waals surface area contributed by atoms with Crippen LogP contribution in [-0.4, -0.2) is 0 Å². The fraction of sp³-hybridized carbons (Fsp3) is 0.364. The van der Waals surface area contributed by atoms with Crippen molar-refractivity contribution in [2.75, 3.05) is 0 Å². The molecule has 0 aliphatic rings. The standard InChI is InChI=1S/C11H13NO/c1-11(2,3)9-6-4-5-7-10(9)13-8-12/h4-7H,1-3H3. The fourth-order valence-corrected chi connectivity index (χ4v) is 1.22. The molecule has 0 fully saturated rings. The van der Waals surface area contributed by atoms with E-state index in [1.807, 2.05) is 24.3 Å². The van der Waals surface area contributed by atoms with E-state index in [-0.39, 0.29) is 5.41 Å². The van der Waals surface area contributed by atoms with Crippen LogP contribution in [0, 0.1) is 11.5 Å². The minimum absolute atomic E-state index is 0.00738. The topological polar surface area (TPSA) is 33.0 Å². The highest BCUT2D eigenvalue weighted by Gasteiger charge is 2.18. The summed E-state index contributed by atoms with van der Waals surface area (Å²) in [5, 5.41) is 8.44. The summed E-state index contributed by atoms with van der Waals surface area (Å²) in [6.07, 6.45) is 1.70. The highest BCUT2D eigenvalue weighted by Crippen LogP contribution is 2.30. The van der Waals surface area contributed by atoms with Gasteiger partial charge in [-0.2, -0.15) is 0 Å². The lowest BCUT2D eigenvalue weighted by atomic mass is 9.86. The molecule has 2 heteroatoms. The second-order valence-corrected chi connectivity index (χ2v) is 3.94. The molecule has 0 N–H and O–H groups in total. The summed E-state index contributed by atoms with van der Waals surface area (Å²) in [6.45, 7) is 6.27. The van der Waals surface area contributed by atoms with Gasteiger partial charge in [-0.3, -0.25) is 0 Å². The molecule has 2 nitrogen and oxygen atoms in total. The van der Waals surface area contributed by atoms with Crippen molar-refractivity contribution >= 4 is 0 Å². The van der Waals surface area contributed by atoms with Gasteiger partial charge in [0.2, 0.25) is 0 Å². The lowest BCUT2D eigenvalue weighted by molar-refractivity contribution is 0.474. The zero-order valence-corrected chi connectivity index (χ0v) is 8.16. The zero-order chi connectivity index (χ0) is 9.90. The Bertz CT molecular complexity index is 331. The average molecular weight is 175 g/mol. The number of rotatable bonds is 1. The molecule has 13 heavy (non-hydrogen) atoms. The Hall–Kier alpha value is -1.49. The summed E-state index contributed by atoms with van der Waals surface area (Å²) in [6, 6.07) is 7.60. The van der Waals surface area contributed by atoms with Gasteiger partial charge >= 0.3 is 0 Å². The molecule has 0 atom stereocenters. The van der Waals surface area contributed by atoms with Crippen LogP contribution in [0.2, 0.25) is 0 Å². The summed E-state index contributed by atoms with van der Waals surface area (Å²) in [4.78, 5) is 0. The molecule has 1 rings (SSSR count). The van der Waals surface area contributed by atoms with Crippen LogP contribution in [0.1, 0.15) is 26.3 Å². The van der Waals surface area contributed by atoms with E-state index in [9.17, 15) is 0 Å². The first-order valence-corrected chi connectivity index (χ1v) is 4.21. The van der Waals surface area contributed by atoms with Gasteiger partial charge in [-0.25, -0.2) is 0 Å². The molecule has 0 bridgehead atoms. The summed E-state index contributed by atoms with van der Waals surface area (Å²) in [5.74, 6) is 0.650. The second-order valence-electron chi connectivity index (χ2n) is 3.94. The third-order valence-electron chi connectivity index (χ3n) is 1.85. The number of para-hydroxylation sites is 1. The molecule has 0 heterocycles. The predicted octanol–water partition coefficient (Wildman–Crippen LogP) is 2.84. The molecule has 68 valence electrons. The van der Waals surface area contributed by atoms with Crippen LogP contribution < -0.4 is 4.74 Å². The van der Waals surface area contributed by atoms with Crippen LogP contribution in [-0.2, 0) is 5.41 Å². The molecule has 0 spiro atoms. The third kappa shape index (κ3) is 2.22. The van der Waals surface area contributed by atoms with Crippen molar-refractivity contribution in [3.8, 4) is 12.0 Å². The zero-order valence-electron chi connectivity index (χ0n) is 8.16. The monoisotopic (exact) mass is 175 g/mol. The van der Waals surface area contributed by atoms with Gasteiger partial charge in [-0.1, -0.05) is 39.0 Å². The highest BCUT2D eigenvalue weighted by molar-refractivity contribution is 5.38. The van der Waals surface area contributed by atoms with E-state index in [4.69, 9.17) is 10.00 Å². The number of hydrogen-bond acceptors (Lipinski definition) is 2. The van der Waals surface area contributed by atoms with Crippen molar-refractivity contribution in [3.63, 3.8) is 0 Å². The molecule has 0 radical (unpaired) electrons. The summed E-state index contributed by atoms with van der Waals surface area (Å²) in [5.41, 5.74) is 1.06. The van der Waals surface area contributed by atoms with Crippen molar-refractivity contribution < 1.29 is 4.74 Å². The van der Waals surface area contributed by atoms with Crippen molar-refractivity contribution in [1.82, 2.24) is 0 Å². The molecular formula is C11H13NO. The van der Waals surface area contributed by atoms with Crippen LogP contribution in [0.4, 0.5) is 0 Å². The fourth-order valence-electron chi connectivity index (χ4n) is 1.22. The second kappa shape index (κ2) is 3.49. The van der Waals surface area contributed by atoms with Gasteiger partial charge < -0.3 is 4.74 Å². The Morgan fingerprint density at radius 1 is 1.23 bits per heavy atom. The largest absolute Gasteiger partial charge is 0.388 e. The SMILES string of the molecule is CC(C)(C)c1ccccc1OC#N. The molecule has 0 aromatic heterocycles. The maximum atomic E-state index is 8.44. The smallest absolute Gasteiger partial charge is 0.292 e. The lowest BCUT2D eigenvalue weighted by Gasteiger charge is -2.20. The number of ether oxygens (including phenoxy) is 1. The molecule has 0 unspecified atom stereocenters. The summed E-state index contributed by atoms with van der Waals surface area (Å²) < 4.78 is 4.87. The van der Waals surface area contributed by atoms with Crippen molar-refractivity contribution in [3.05, 3.63) is 29.8 Å². The van der Waals surface area contributed by atoms with Gasteiger partial charge in [0.15, 0.2) is 0 Å². The van der Waals surface area contributed by atoms with E-state index < -0.39 is 0 Å². The maximum Gasteiger partial charge on any atom is 0.292 e. The van der Waals surface area contributed by atoms with Gasteiger partial charge in [-0.05, 0) is 11.5 Å². The first-order chi connectivity index (χ1) is 6.05. The molecule has 0 aliphatic heterocycles.